The molecule has 0 heterocycles. The van der Waals surface area contributed by atoms with Gasteiger partial charge in [0.2, 0.25) is 10.0 Å². The van der Waals surface area contributed by atoms with E-state index in [1.54, 1.807) is 26.4 Å². The summed E-state index contributed by atoms with van der Waals surface area (Å²) in [6, 6.07) is 5.33. The van der Waals surface area contributed by atoms with Crippen molar-refractivity contribution in [3.8, 4) is 11.5 Å². The van der Waals surface area contributed by atoms with E-state index in [1.165, 1.54) is 0 Å². The van der Waals surface area contributed by atoms with Crippen molar-refractivity contribution in [1.29, 1.82) is 0 Å². The third-order valence-electron chi connectivity index (χ3n) is 3.95. The summed E-state index contributed by atoms with van der Waals surface area (Å²) in [6.07, 6.45) is 3.28. The molecule has 1 aliphatic rings. The van der Waals surface area contributed by atoms with E-state index in [-0.39, 0.29) is 11.9 Å². The first-order valence-electron chi connectivity index (χ1n) is 7.31. The molecule has 5 nitrogen and oxygen atoms in total. The van der Waals surface area contributed by atoms with Crippen LogP contribution in [0, 0.1) is 0 Å². The second-order valence-electron chi connectivity index (χ2n) is 5.39. The number of rotatable bonds is 6. The van der Waals surface area contributed by atoms with Gasteiger partial charge in [0, 0.05) is 6.54 Å². The molecular weight excluding hydrogens is 326 g/mol. The number of hydrogen-bond donors (Lipinski definition) is 1. The predicted molar refractivity (Wildman–Crippen MR) is 87.2 cm³/mol. The van der Waals surface area contributed by atoms with Crippen LogP contribution in [0.2, 0.25) is 0 Å². The van der Waals surface area contributed by atoms with Crippen LogP contribution in [0.25, 0.3) is 0 Å². The third-order valence-corrected chi connectivity index (χ3v) is 6.53. The fourth-order valence-corrected chi connectivity index (χ4v) is 4.95. The minimum absolute atomic E-state index is 0.211. The number of hydrogen-bond acceptors (Lipinski definition) is 4. The van der Waals surface area contributed by atoms with Crippen molar-refractivity contribution in [2.24, 2.45) is 0 Å². The van der Waals surface area contributed by atoms with Gasteiger partial charge in [0.15, 0.2) is 11.5 Å². The van der Waals surface area contributed by atoms with E-state index in [4.69, 9.17) is 21.1 Å². The van der Waals surface area contributed by atoms with Crippen LogP contribution < -0.4 is 14.2 Å². The van der Waals surface area contributed by atoms with E-state index < -0.39 is 15.3 Å². The third kappa shape index (κ3) is 4.06. The van der Waals surface area contributed by atoms with Crippen LogP contribution in [0.15, 0.2) is 18.2 Å². The van der Waals surface area contributed by atoms with Gasteiger partial charge in [0.1, 0.15) is 0 Å². The summed E-state index contributed by atoms with van der Waals surface area (Å²) >= 11 is 6.18. The van der Waals surface area contributed by atoms with Crippen molar-refractivity contribution < 1.29 is 17.9 Å². The minimum Gasteiger partial charge on any atom is -0.493 e. The lowest BCUT2D eigenvalue weighted by molar-refractivity contribution is 0.354. The van der Waals surface area contributed by atoms with Crippen LogP contribution in [0.5, 0.6) is 11.5 Å². The summed E-state index contributed by atoms with van der Waals surface area (Å²) in [7, 11) is -0.313. The van der Waals surface area contributed by atoms with Gasteiger partial charge in [-0.05, 0) is 30.5 Å². The topological polar surface area (TPSA) is 64.6 Å². The van der Waals surface area contributed by atoms with Gasteiger partial charge in [0.05, 0.1) is 24.8 Å². The Bertz CT molecular complexity index is 606. The number of sulfonamides is 1. The van der Waals surface area contributed by atoms with Gasteiger partial charge < -0.3 is 9.47 Å². The molecule has 1 aliphatic carbocycles. The Labute approximate surface area is 137 Å². The quantitative estimate of drug-likeness (QED) is 0.803. The van der Waals surface area contributed by atoms with Gasteiger partial charge in [-0.25, -0.2) is 13.1 Å². The molecule has 1 saturated carbocycles. The molecule has 1 fully saturated rings. The van der Waals surface area contributed by atoms with Gasteiger partial charge in [-0.2, -0.15) is 0 Å². The van der Waals surface area contributed by atoms with Crippen molar-refractivity contribution in [2.75, 3.05) is 14.2 Å². The van der Waals surface area contributed by atoms with Crippen molar-refractivity contribution in [3.05, 3.63) is 23.8 Å². The highest BCUT2D eigenvalue weighted by atomic mass is 35.5. The van der Waals surface area contributed by atoms with E-state index in [0.29, 0.717) is 17.9 Å². The SMILES string of the molecule is COc1ccc(CNS(=O)(=O)[C@H]2CCCC[C@@H]2Cl)cc1OC. The highest BCUT2D eigenvalue weighted by Gasteiger charge is 2.34. The number of halogens is 1. The molecule has 0 saturated heterocycles. The number of alkyl halides is 1. The first-order chi connectivity index (χ1) is 10.5. The van der Waals surface area contributed by atoms with Crippen molar-refractivity contribution in [1.82, 2.24) is 4.72 Å². The second-order valence-corrected chi connectivity index (χ2v) is 7.94. The van der Waals surface area contributed by atoms with E-state index >= 15 is 0 Å². The Balaban J connectivity index is 2.05. The molecule has 7 heteroatoms. The Morgan fingerprint density at radius 3 is 2.50 bits per heavy atom. The molecule has 0 unspecified atom stereocenters. The summed E-state index contributed by atoms with van der Waals surface area (Å²) < 4.78 is 37.8. The molecule has 2 atom stereocenters. The summed E-state index contributed by atoms with van der Waals surface area (Å²) in [5.74, 6) is 1.19. The van der Waals surface area contributed by atoms with Crippen LogP contribution in [-0.2, 0) is 16.6 Å². The maximum atomic E-state index is 12.4. The molecule has 0 radical (unpaired) electrons. The average Bonchev–Trinajstić information content (AvgIpc) is 2.53. The fourth-order valence-electron chi connectivity index (χ4n) is 2.68. The molecule has 0 aromatic heterocycles. The Kier molecular flexibility index (Phi) is 5.94. The van der Waals surface area contributed by atoms with E-state index in [1.807, 2.05) is 6.07 Å². The van der Waals surface area contributed by atoms with Gasteiger partial charge in [-0.15, -0.1) is 11.6 Å². The predicted octanol–water partition coefficient (Wildman–Crippen LogP) is 2.67. The van der Waals surface area contributed by atoms with Crippen LogP contribution in [-0.4, -0.2) is 33.3 Å². The van der Waals surface area contributed by atoms with Crippen molar-refractivity contribution >= 4 is 21.6 Å². The molecule has 2 rings (SSSR count). The number of ether oxygens (including phenoxy) is 2. The molecule has 0 amide bonds. The summed E-state index contributed by atoms with van der Waals surface area (Å²) in [6.45, 7) is 0.211. The van der Waals surface area contributed by atoms with E-state index in [0.717, 1.165) is 24.8 Å². The largest absolute Gasteiger partial charge is 0.493 e. The maximum Gasteiger partial charge on any atom is 0.216 e. The smallest absolute Gasteiger partial charge is 0.216 e. The van der Waals surface area contributed by atoms with Crippen LogP contribution in [0.1, 0.15) is 31.2 Å². The first-order valence-corrected chi connectivity index (χ1v) is 9.29. The molecule has 1 aromatic rings. The van der Waals surface area contributed by atoms with Crippen LogP contribution in [0.3, 0.4) is 0 Å². The summed E-state index contributed by atoms with van der Waals surface area (Å²) in [5, 5.41) is -0.820. The van der Waals surface area contributed by atoms with Gasteiger partial charge >= 0.3 is 0 Å². The molecule has 0 spiro atoms. The molecule has 1 aromatic carbocycles. The van der Waals surface area contributed by atoms with E-state index in [2.05, 4.69) is 4.72 Å². The van der Waals surface area contributed by atoms with Gasteiger partial charge in [-0.1, -0.05) is 18.9 Å². The lowest BCUT2D eigenvalue weighted by Gasteiger charge is -2.26. The Morgan fingerprint density at radius 1 is 1.18 bits per heavy atom. The lowest BCUT2D eigenvalue weighted by Crippen LogP contribution is -2.41. The maximum absolute atomic E-state index is 12.4. The highest BCUT2D eigenvalue weighted by molar-refractivity contribution is 7.90. The number of benzene rings is 1. The van der Waals surface area contributed by atoms with Gasteiger partial charge in [0.25, 0.3) is 0 Å². The van der Waals surface area contributed by atoms with Crippen molar-refractivity contribution in [3.63, 3.8) is 0 Å². The average molecular weight is 348 g/mol. The van der Waals surface area contributed by atoms with Crippen LogP contribution >= 0.6 is 11.6 Å². The molecule has 0 bridgehead atoms. The Hall–Kier alpha value is -0.980. The zero-order chi connectivity index (χ0) is 16.2. The highest BCUT2D eigenvalue weighted by Crippen LogP contribution is 2.29. The standard InChI is InChI=1S/C15H22ClNO4S/c1-20-13-8-7-11(9-14(13)21-2)10-17-22(18,19)15-6-4-3-5-12(15)16/h7-9,12,15,17H,3-6,10H2,1-2H3/t12-,15-/m0/s1. The van der Waals surface area contributed by atoms with E-state index in [9.17, 15) is 8.42 Å². The van der Waals surface area contributed by atoms with Gasteiger partial charge in [-0.3, -0.25) is 0 Å². The minimum atomic E-state index is -3.42. The monoisotopic (exact) mass is 347 g/mol. The summed E-state index contributed by atoms with van der Waals surface area (Å²) in [5.41, 5.74) is 0.808. The molecule has 22 heavy (non-hydrogen) atoms. The molecule has 1 N–H and O–H groups in total. The molecule has 124 valence electrons. The van der Waals surface area contributed by atoms with Crippen molar-refractivity contribution in [2.45, 2.75) is 42.9 Å². The zero-order valence-electron chi connectivity index (χ0n) is 12.8. The second kappa shape index (κ2) is 7.53. The molecule has 0 aliphatic heterocycles. The normalized spacial score (nSPS) is 22.3. The number of methoxy groups -OCH3 is 2. The number of nitrogens with one attached hydrogen (secondary N) is 1. The fraction of sp³-hybridized carbons (Fsp3) is 0.600. The molecular formula is C15H22ClNO4S. The zero-order valence-corrected chi connectivity index (χ0v) is 14.4. The Morgan fingerprint density at radius 2 is 1.86 bits per heavy atom. The summed E-state index contributed by atoms with van der Waals surface area (Å²) in [4.78, 5) is 0. The first kappa shape index (κ1) is 17.4. The lowest BCUT2D eigenvalue weighted by atomic mass is 10.00. The van der Waals surface area contributed by atoms with Crippen LogP contribution in [0.4, 0.5) is 0 Å².